The summed E-state index contributed by atoms with van der Waals surface area (Å²) in [5.41, 5.74) is 0.400. The largest absolute Gasteiger partial charge is 0.401 e. The molecule has 3 nitrogen and oxygen atoms in total. The Hall–Kier alpha value is -1.37. The first-order valence-corrected chi connectivity index (χ1v) is 5.59. The van der Waals surface area contributed by atoms with Crippen LogP contribution in [-0.4, -0.2) is 48.8 Å². The van der Waals surface area contributed by atoms with Crippen molar-refractivity contribution in [2.75, 3.05) is 37.6 Å². The molecule has 1 fully saturated rings. The van der Waals surface area contributed by atoms with Gasteiger partial charge in [0.2, 0.25) is 0 Å². The van der Waals surface area contributed by atoms with Gasteiger partial charge in [-0.05, 0) is 6.07 Å². The van der Waals surface area contributed by atoms with E-state index < -0.39 is 18.5 Å². The van der Waals surface area contributed by atoms with Crippen molar-refractivity contribution in [2.45, 2.75) is 6.18 Å². The van der Waals surface area contributed by atoms with E-state index in [2.05, 4.69) is 4.98 Å². The average molecular weight is 263 g/mol. The number of anilines is 1. The Balaban J connectivity index is 1.93. The monoisotopic (exact) mass is 263 g/mol. The minimum Gasteiger partial charge on any atom is -0.367 e. The molecule has 1 aliphatic rings. The van der Waals surface area contributed by atoms with Crippen molar-refractivity contribution in [3.8, 4) is 0 Å². The van der Waals surface area contributed by atoms with Gasteiger partial charge in [-0.2, -0.15) is 13.2 Å². The first-order valence-electron chi connectivity index (χ1n) is 5.59. The molecule has 1 aliphatic heterocycles. The minimum atomic E-state index is -4.18. The van der Waals surface area contributed by atoms with Crippen LogP contribution in [0.3, 0.4) is 0 Å². The summed E-state index contributed by atoms with van der Waals surface area (Å²) in [6.07, 6.45) is -1.60. The normalized spacial score (nSPS) is 18.1. The lowest BCUT2D eigenvalue weighted by molar-refractivity contribution is -0.146. The summed E-state index contributed by atoms with van der Waals surface area (Å²) >= 11 is 0. The van der Waals surface area contributed by atoms with Gasteiger partial charge in [-0.25, -0.2) is 4.39 Å². The van der Waals surface area contributed by atoms with Crippen LogP contribution in [0.1, 0.15) is 0 Å². The predicted molar refractivity (Wildman–Crippen MR) is 58.9 cm³/mol. The van der Waals surface area contributed by atoms with E-state index in [1.807, 2.05) is 0 Å². The Morgan fingerprint density at radius 3 is 2.39 bits per heavy atom. The molecule has 0 radical (unpaired) electrons. The Morgan fingerprint density at radius 1 is 1.17 bits per heavy atom. The summed E-state index contributed by atoms with van der Waals surface area (Å²) < 4.78 is 50.0. The highest BCUT2D eigenvalue weighted by atomic mass is 19.4. The van der Waals surface area contributed by atoms with E-state index in [0.717, 1.165) is 6.20 Å². The number of rotatable bonds is 2. The first-order chi connectivity index (χ1) is 8.46. The Morgan fingerprint density at radius 2 is 1.83 bits per heavy atom. The highest BCUT2D eigenvalue weighted by molar-refractivity contribution is 5.46. The van der Waals surface area contributed by atoms with E-state index in [9.17, 15) is 17.6 Å². The van der Waals surface area contributed by atoms with Gasteiger partial charge in [-0.3, -0.25) is 9.88 Å². The Kier molecular flexibility index (Phi) is 3.70. The molecule has 0 unspecified atom stereocenters. The fourth-order valence-electron chi connectivity index (χ4n) is 2.02. The Labute approximate surface area is 102 Å². The van der Waals surface area contributed by atoms with Crippen LogP contribution in [0, 0.1) is 5.82 Å². The highest BCUT2D eigenvalue weighted by Gasteiger charge is 2.32. The Bertz CT molecular complexity index is 400. The van der Waals surface area contributed by atoms with E-state index in [4.69, 9.17) is 0 Å². The van der Waals surface area contributed by atoms with Gasteiger partial charge in [0.25, 0.3) is 0 Å². The number of aromatic nitrogens is 1. The molecule has 100 valence electrons. The van der Waals surface area contributed by atoms with Gasteiger partial charge >= 0.3 is 6.18 Å². The van der Waals surface area contributed by atoms with E-state index in [0.29, 0.717) is 18.8 Å². The van der Waals surface area contributed by atoms with Crippen LogP contribution in [0.5, 0.6) is 0 Å². The number of nitrogens with zero attached hydrogens (tertiary/aromatic N) is 3. The lowest BCUT2D eigenvalue weighted by Gasteiger charge is -2.36. The van der Waals surface area contributed by atoms with Crippen molar-refractivity contribution in [2.24, 2.45) is 0 Å². The topological polar surface area (TPSA) is 19.4 Å². The third kappa shape index (κ3) is 3.32. The molecule has 0 spiro atoms. The van der Waals surface area contributed by atoms with E-state index in [-0.39, 0.29) is 13.1 Å². The molecule has 0 aromatic carbocycles. The number of hydrogen-bond acceptors (Lipinski definition) is 3. The number of hydrogen-bond donors (Lipinski definition) is 0. The van der Waals surface area contributed by atoms with Crippen molar-refractivity contribution < 1.29 is 17.6 Å². The van der Waals surface area contributed by atoms with Gasteiger partial charge < -0.3 is 4.90 Å². The fraction of sp³-hybridized carbons (Fsp3) is 0.545. The second-order valence-corrected chi connectivity index (χ2v) is 4.21. The minimum absolute atomic E-state index is 0.279. The van der Waals surface area contributed by atoms with Crippen LogP contribution in [0.25, 0.3) is 0 Å². The lowest BCUT2D eigenvalue weighted by Crippen LogP contribution is -2.49. The molecule has 1 aromatic heterocycles. The van der Waals surface area contributed by atoms with Crippen LogP contribution in [0.15, 0.2) is 18.5 Å². The van der Waals surface area contributed by atoms with Gasteiger partial charge in [0.1, 0.15) is 0 Å². The van der Waals surface area contributed by atoms with Gasteiger partial charge in [-0.1, -0.05) is 0 Å². The molecule has 0 amide bonds. The number of halogens is 4. The molecule has 2 rings (SSSR count). The zero-order valence-corrected chi connectivity index (χ0v) is 9.62. The molecule has 0 bridgehead atoms. The number of piperazine rings is 1. The maximum absolute atomic E-state index is 13.4. The van der Waals surface area contributed by atoms with Crippen molar-refractivity contribution in [1.82, 2.24) is 9.88 Å². The fourth-order valence-corrected chi connectivity index (χ4v) is 2.02. The molecule has 18 heavy (non-hydrogen) atoms. The van der Waals surface area contributed by atoms with E-state index >= 15 is 0 Å². The smallest absolute Gasteiger partial charge is 0.367 e. The molecule has 7 heteroatoms. The third-order valence-electron chi connectivity index (χ3n) is 2.87. The molecular formula is C11H13F4N3. The summed E-state index contributed by atoms with van der Waals surface area (Å²) in [5, 5.41) is 0. The summed E-state index contributed by atoms with van der Waals surface area (Å²) in [5.74, 6) is -0.443. The zero-order chi connectivity index (χ0) is 13.2. The number of alkyl halides is 3. The number of pyridine rings is 1. The maximum atomic E-state index is 13.4. The molecule has 0 N–H and O–H groups in total. The summed E-state index contributed by atoms with van der Waals surface area (Å²) in [6.45, 7) is 0.427. The molecule has 0 atom stereocenters. The van der Waals surface area contributed by atoms with Crippen LogP contribution < -0.4 is 4.90 Å². The standard InChI is InChI=1S/C11H13F4N3/c12-9-7-16-2-1-10(9)18-5-3-17(4-6-18)8-11(13,14)15/h1-2,7H,3-6,8H2. The quantitative estimate of drug-likeness (QED) is 0.760. The SMILES string of the molecule is Fc1cnccc1N1CCN(CC(F)(F)F)CC1. The molecule has 0 aliphatic carbocycles. The van der Waals surface area contributed by atoms with Crippen molar-refractivity contribution in [1.29, 1.82) is 0 Å². The second kappa shape index (κ2) is 5.09. The molecule has 0 saturated carbocycles. The average Bonchev–Trinajstić information content (AvgIpc) is 2.29. The molecule has 1 saturated heterocycles. The maximum Gasteiger partial charge on any atom is 0.401 e. The van der Waals surface area contributed by atoms with E-state index in [1.54, 1.807) is 4.90 Å². The van der Waals surface area contributed by atoms with Crippen molar-refractivity contribution in [3.05, 3.63) is 24.3 Å². The third-order valence-corrected chi connectivity index (χ3v) is 2.87. The lowest BCUT2D eigenvalue weighted by atomic mass is 10.2. The second-order valence-electron chi connectivity index (χ2n) is 4.21. The van der Waals surface area contributed by atoms with Gasteiger partial charge in [0.15, 0.2) is 5.82 Å². The molecule has 2 heterocycles. The summed E-state index contributed by atoms with van der Waals surface area (Å²) in [6, 6.07) is 1.54. The van der Waals surface area contributed by atoms with Crippen LogP contribution >= 0.6 is 0 Å². The zero-order valence-electron chi connectivity index (χ0n) is 9.62. The predicted octanol–water partition coefficient (Wildman–Crippen LogP) is 1.91. The van der Waals surface area contributed by atoms with Crippen molar-refractivity contribution in [3.63, 3.8) is 0 Å². The van der Waals surface area contributed by atoms with E-state index in [1.165, 1.54) is 17.2 Å². The molecular weight excluding hydrogens is 250 g/mol. The summed E-state index contributed by atoms with van der Waals surface area (Å²) in [7, 11) is 0. The van der Waals surface area contributed by atoms with Gasteiger partial charge in [0.05, 0.1) is 18.4 Å². The van der Waals surface area contributed by atoms with Gasteiger partial charge in [-0.15, -0.1) is 0 Å². The van der Waals surface area contributed by atoms with Crippen LogP contribution in [0.4, 0.5) is 23.2 Å². The first kappa shape index (κ1) is 13.1. The molecule has 1 aromatic rings. The van der Waals surface area contributed by atoms with Crippen molar-refractivity contribution >= 4 is 5.69 Å². The highest BCUT2D eigenvalue weighted by Crippen LogP contribution is 2.21. The van der Waals surface area contributed by atoms with Gasteiger partial charge in [0, 0.05) is 32.4 Å². The van der Waals surface area contributed by atoms with Crippen LogP contribution in [-0.2, 0) is 0 Å². The summed E-state index contributed by atoms with van der Waals surface area (Å²) in [4.78, 5) is 6.71. The van der Waals surface area contributed by atoms with Crippen LogP contribution in [0.2, 0.25) is 0 Å².